The quantitative estimate of drug-likeness (QED) is 0.490. The highest BCUT2D eigenvalue weighted by molar-refractivity contribution is 5.90. The number of ether oxygens (including phenoxy) is 1. The molecular weight excluding hydrogens is 402 g/mol. The lowest BCUT2D eigenvalue weighted by Crippen LogP contribution is -2.31. The average Bonchev–Trinajstić information content (AvgIpc) is 2.80. The maximum absolute atomic E-state index is 10.1. The maximum atomic E-state index is 10.1. The van der Waals surface area contributed by atoms with E-state index in [0.717, 1.165) is 60.3 Å². The first-order valence-corrected chi connectivity index (χ1v) is 11.3. The topological polar surface area (TPSA) is 82.5 Å². The third-order valence-corrected chi connectivity index (χ3v) is 6.25. The van der Waals surface area contributed by atoms with Crippen molar-refractivity contribution in [1.29, 1.82) is 0 Å². The molecule has 1 aromatic heterocycles. The van der Waals surface area contributed by atoms with Crippen LogP contribution in [0.1, 0.15) is 31.2 Å². The number of aromatic hydroxyl groups is 1. The Kier molecular flexibility index (Phi) is 6.95. The molecule has 1 saturated carbocycles. The summed E-state index contributed by atoms with van der Waals surface area (Å²) in [6, 6.07) is 13.9. The molecule has 1 heterocycles. The van der Waals surface area contributed by atoms with Gasteiger partial charge in [-0.15, -0.1) is 0 Å². The van der Waals surface area contributed by atoms with Crippen LogP contribution in [-0.2, 0) is 6.54 Å². The molecule has 3 N–H and O–H groups in total. The number of rotatable bonds is 8. The molecule has 0 amide bonds. The lowest BCUT2D eigenvalue weighted by molar-refractivity contribution is 0.321. The molecular formula is C25H33N5O2. The van der Waals surface area contributed by atoms with Crippen LogP contribution in [0.2, 0.25) is 0 Å². The summed E-state index contributed by atoms with van der Waals surface area (Å²) in [6.07, 6.45) is 4.49. The fourth-order valence-corrected chi connectivity index (χ4v) is 4.48. The minimum atomic E-state index is 0.275. The molecule has 7 heteroatoms. The minimum Gasteiger partial charge on any atom is -0.507 e. The second-order valence-corrected chi connectivity index (χ2v) is 8.73. The zero-order valence-electron chi connectivity index (χ0n) is 19.1. The van der Waals surface area contributed by atoms with E-state index in [1.165, 1.54) is 0 Å². The molecule has 7 nitrogen and oxygen atoms in total. The summed E-state index contributed by atoms with van der Waals surface area (Å²) in [5.41, 5.74) is 1.78. The van der Waals surface area contributed by atoms with Crippen molar-refractivity contribution >= 4 is 22.7 Å². The van der Waals surface area contributed by atoms with Crippen LogP contribution in [0, 0.1) is 5.92 Å². The predicted octanol–water partition coefficient (Wildman–Crippen LogP) is 4.17. The summed E-state index contributed by atoms with van der Waals surface area (Å²) in [5, 5.41) is 18.3. The molecule has 0 saturated heterocycles. The molecule has 1 aliphatic carbocycles. The highest BCUT2D eigenvalue weighted by Crippen LogP contribution is 2.29. The number of anilines is 2. The van der Waals surface area contributed by atoms with E-state index in [1.54, 1.807) is 19.2 Å². The van der Waals surface area contributed by atoms with Gasteiger partial charge < -0.3 is 25.4 Å². The molecule has 2 aromatic carbocycles. The Labute approximate surface area is 189 Å². The average molecular weight is 436 g/mol. The van der Waals surface area contributed by atoms with Crippen LogP contribution in [0.3, 0.4) is 0 Å². The van der Waals surface area contributed by atoms with Crippen LogP contribution in [0.25, 0.3) is 10.9 Å². The Bertz CT molecular complexity index is 1050. The SMILES string of the molecule is COc1cccc(O)c1CNCC1CCC(Nc2nc(N(C)C)c3ccccc3n2)CC1. The van der Waals surface area contributed by atoms with Gasteiger partial charge in [0.2, 0.25) is 5.95 Å². The smallest absolute Gasteiger partial charge is 0.225 e. The highest BCUT2D eigenvalue weighted by atomic mass is 16.5. The Morgan fingerprint density at radius 3 is 2.56 bits per heavy atom. The molecule has 0 radical (unpaired) electrons. The van der Waals surface area contributed by atoms with E-state index < -0.39 is 0 Å². The Morgan fingerprint density at radius 1 is 1.03 bits per heavy atom. The number of phenolic OH excluding ortho intramolecular Hbond substituents is 1. The van der Waals surface area contributed by atoms with E-state index in [0.29, 0.717) is 24.5 Å². The minimum absolute atomic E-state index is 0.275. The molecule has 0 atom stereocenters. The lowest BCUT2D eigenvalue weighted by atomic mass is 9.86. The van der Waals surface area contributed by atoms with Gasteiger partial charge in [-0.1, -0.05) is 18.2 Å². The maximum Gasteiger partial charge on any atom is 0.225 e. The van der Waals surface area contributed by atoms with Gasteiger partial charge in [0.05, 0.1) is 12.6 Å². The van der Waals surface area contributed by atoms with Gasteiger partial charge in [0.1, 0.15) is 17.3 Å². The van der Waals surface area contributed by atoms with Crippen molar-refractivity contribution in [2.75, 3.05) is 38.0 Å². The standard InChI is InChI=1S/C25H33N5O2/c1-30(2)24-19-7-4-5-8-21(19)28-25(29-24)27-18-13-11-17(12-14-18)15-26-16-20-22(31)9-6-10-23(20)32-3/h4-10,17-18,26,31H,11-16H2,1-3H3,(H,27,28,29). The van der Waals surface area contributed by atoms with E-state index in [4.69, 9.17) is 14.7 Å². The van der Waals surface area contributed by atoms with Crippen LogP contribution in [-0.4, -0.2) is 48.9 Å². The lowest BCUT2D eigenvalue weighted by Gasteiger charge is -2.29. The molecule has 170 valence electrons. The van der Waals surface area contributed by atoms with Crippen molar-refractivity contribution in [2.45, 2.75) is 38.3 Å². The molecule has 0 aliphatic heterocycles. The summed E-state index contributed by atoms with van der Waals surface area (Å²) in [4.78, 5) is 11.6. The summed E-state index contributed by atoms with van der Waals surface area (Å²) in [6.45, 7) is 1.54. The first kappa shape index (κ1) is 22.1. The number of phenols is 1. The number of methoxy groups -OCH3 is 1. The van der Waals surface area contributed by atoms with Crippen molar-refractivity contribution in [3.05, 3.63) is 48.0 Å². The number of aromatic nitrogens is 2. The van der Waals surface area contributed by atoms with Gasteiger partial charge in [-0.25, -0.2) is 4.98 Å². The van der Waals surface area contributed by atoms with Gasteiger partial charge in [-0.3, -0.25) is 0 Å². The number of nitrogens with zero attached hydrogens (tertiary/aromatic N) is 3. The van der Waals surface area contributed by atoms with Crippen LogP contribution in [0.15, 0.2) is 42.5 Å². The van der Waals surface area contributed by atoms with Gasteiger partial charge in [-0.05, 0) is 62.4 Å². The molecule has 0 bridgehead atoms. The molecule has 0 unspecified atom stereocenters. The van der Waals surface area contributed by atoms with Crippen molar-refractivity contribution < 1.29 is 9.84 Å². The second-order valence-electron chi connectivity index (χ2n) is 8.73. The van der Waals surface area contributed by atoms with Crippen LogP contribution >= 0.6 is 0 Å². The van der Waals surface area contributed by atoms with Crippen molar-refractivity contribution in [2.24, 2.45) is 5.92 Å². The zero-order valence-corrected chi connectivity index (χ0v) is 19.1. The third kappa shape index (κ3) is 5.05. The second kappa shape index (κ2) is 10.0. The summed E-state index contributed by atoms with van der Waals surface area (Å²) >= 11 is 0. The fourth-order valence-electron chi connectivity index (χ4n) is 4.48. The Balaban J connectivity index is 1.30. The molecule has 32 heavy (non-hydrogen) atoms. The van der Waals surface area contributed by atoms with Gasteiger partial charge in [-0.2, -0.15) is 4.98 Å². The van der Waals surface area contributed by atoms with Gasteiger partial charge in [0.25, 0.3) is 0 Å². The summed E-state index contributed by atoms with van der Waals surface area (Å²) in [7, 11) is 5.66. The fraction of sp³-hybridized carbons (Fsp3) is 0.440. The van der Waals surface area contributed by atoms with Gasteiger partial charge in [0, 0.05) is 37.6 Å². The number of hydrogen-bond acceptors (Lipinski definition) is 7. The number of hydrogen-bond donors (Lipinski definition) is 3. The largest absolute Gasteiger partial charge is 0.507 e. The van der Waals surface area contributed by atoms with Crippen molar-refractivity contribution in [1.82, 2.24) is 15.3 Å². The van der Waals surface area contributed by atoms with E-state index in [1.807, 2.05) is 43.3 Å². The first-order chi connectivity index (χ1) is 15.5. The monoisotopic (exact) mass is 435 g/mol. The van der Waals surface area contributed by atoms with Gasteiger partial charge >= 0.3 is 0 Å². The first-order valence-electron chi connectivity index (χ1n) is 11.3. The van der Waals surface area contributed by atoms with E-state index in [-0.39, 0.29) is 5.75 Å². The van der Waals surface area contributed by atoms with Crippen LogP contribution in [0.4, 0.5) is 11.8 Å². The number of nitrogens with one attached hydrogen (secondary N) is 2. The summed E-state index contributed by atoms with van der Waals surface area (Å²) in [5.74, 6) is 3.27. The number of benzene rings is 2. The van der Waals surface area contributed by atoms with Gasteiger partial charge in [0.15, 0.2) is 0 Å². The highest BCUT2D eigenvalue weighted by Gasteiger charge is 2.22. The van der Waals surface area contributed by atoms with E-state index in [2.05, 4.69) is 16.7 Å². The van der Waals surface area contributed by atoms with Crippen LogP contribution in [0.5, 0.6) is 11.5 Å². The molecule has 4 rings (SSSR count). The van der Waals surface area contributed by atoms with E-state index in [9.17, 15) is 5.11 Å². The molecule has 0 spiro atoms. The molecule has 3 aromatic rings. The Morgan fingerprint density at radius 2 is 1.81 bits per heavy atom. The zero-order chi connectivity index (χ0) is 22.5. The predicted molar refractivity (Wildman–Crippen MR) is 130 cm³/mol. The van der Waals surface area contributed by atoms with Crippen LogP contribution < -0.4 is 20.3 Å². The van der Waals surface area contributed by atoms with E-state index >= 15 is 0 Å². The molecule has 1 aliphatic rings. The van der Waals surface area contributed by atoms with Crippen molar-refractivity contribution in [3.63, 3.8) is 0 Å². The van der Waals surface area contributed by atoms with Crippen molar-refractivity contribution in [3.8, 4) is 11.5 Å². The Hall–Kier alpha value is -3.06. The summed E-state index contributed by atoms with van der Waals surface area (Å²) < 4.78 is 5.37. The number of fused-ring (bicyclic) bond motifs is 1. The normalized spacial score (nSPS) is 18.5. The molecule has 1 fully saturated rings. The number of para-hydroxylation sites is 1. The third-order valence-electron chi connectivity index (χ3n) is 6.25.